The summed E-state index contributed by atoms with van der Waals surface area (Å²) in [6.45, 7) is 4.15. The quantitative estimate of drug-likeness (QED) is 0.510. The molecule has 0 unspecified atom stereocenters. The number of carbonyl (C=O) groups is 1. The Kier molecular flexibility index (Phi) is 5.63. The third kappa shape index (κ3) is 4.21. The van der Waals surface area contributed by atoms with E-state index in [0.717, 1.165) is 11.3 Å². The highest BCUT2D eigenvalue weighted by molar-refractivity contribution is 7.07. The van der Waals surface area contributed by atoms with Crippen molar-refractivity contribution in [3.05, 3.63) is 82.5 Å². The molecular weight excluding hydrogens is 360 g/mol. The van der Waals surface area contributed by atoms with Crippen LogP contribution in [0.15, 0.2) is 76.7 Å². The molecule has 0 fully saturated rings. The van der Waals surface area contributed by atoms with Crippen molar-refractivity contribution in [2.45, 2.75) is 0 Å². The van der Waals surface area contributed by atoms with E-state index in [4.69, 9.17) is 5.73 Å². The van der Waals surface area contributed by atoms with Crippen LogP contribution in [0.4, 0.5) is 0 Å². The van der Waals surface area contributed by atoms with Crippen LogP contribution < -0.4 is 10.5 Å². The largest absolute Gasteiger partial charge is 0.507 e. The summed E-state index contributed by atoms with van der Waals surface area (Å²) in [6, 6.07) is 14.4. The van der Waals surface area contributed by atoms with Crippen molar-refractivity contribution >= 4 is 23.5 Å². The van der Waals surface area contributed by atoms with Gasteiger partial charge in [0.15, 0.2) is 0 Å². The third-order valence-electron chi connectivity index (χ3n) is 3.72. The Bertz CT molecular complexity index is 1070. The highest BCUT2D eigenvalue weighted by Crippen LogP contribution is 2.26. The normalized spacial score (nSPS) is 11.8. The number of amides is 1. The summed E-state index contributed by atoms with van der Waals surface area (Å²) in [5.41, 5.74) is 7.78. The number of carbonyl (C=O) groups excluding carboxylic acids is 1. The molecule has 136 valence electrons. The first-order valence-electron chi connectivity index (χ1n) is 8.14. The molecule has 7 heteroatoms. The summed E-state index contributed by atoms with van der Waals surface area (Å²) in [5.74, 6) is -0.849. The molecule has 0 saturated carbocycles. The number of nitrogens with two attached hydrogens (primary N) is 1. The fourth-order valence-corrected chi connectivity index (χ4v) is 3.26. The van der Waals surface area contributed by atoms with E-state index < -0.39 is 5.91 Å². The SMILES string of the molecule is C=CCN=c1scc(-c2ccc(O)c(C(N)=O)c2)n1/N=C/c1ccccc1. The first-order chi connectivity index (χ1) is 13.1. The van der Waals surface area contributed by atoms with Gasteiger partial charge in [-0.3, -0.25) is 9.79 Å². The summed E-state index contributed by atoms with van der Waals surface area (Å²) in [5, 5.41) is 16.3. The van der Waals surface area contributed by atoms with Gasteiger partial charge < -0.3 is 10.8 Å². The van der Waals surface area contributed by atoms with Crippen molar-refractivity contribution in [1.82, 2.24) is 4.68 Å². The van der Waals surface area contributed by atoms with Gasteiger partial charge in [0.2, 0.25) is 4.80 Å². The zero-order chi connectivity index (χ0) is 19.2. The van der Waals surface area contributed by atoms with E-state index in [9.17, 15) is 9.90 Å². The van der Waals surface area contributed by atoms with Crippen molar-refractivity contribution in [2.75, 3.05) is 6.54 Å². The topological polar surface area (TPSA) is 93.0 Å². The minimum Gasteiger partial charge on any atom is -0.507 e. The van der Waals surface area contributed by atoms with Gasteiger partial charge in [0.05, 0.1) is 24.0 Å². The molecule has 0 saturated heterocycles. The van der Waals surface area contributed by atoms with Crippen LogP contribution in [0.5, 0.6) is 5.75 Å². The Morgan fingerprint density at radius 1 is 1.26 bits per heavy atom. The molecule has 27 heavy (non-hydrogen) atoms. The molecule has 3 aromatic rings. The van der Waals surface area contributed by atoms with E-state index in [0.29, 0.717) is 16.9 Å². The van der Waals surface area contributed by atoms with Gasteiger partial charge in [-0.25, -0.2) is 4.68 Å². The Labute approximate surface area is 160 Å². The lowest BCUT2D eigenvalue weighted by atomic mass is 10.1. The number of benzene rings is 2. The van der Waals surface area contributed by atoms with E-state index in [1.807, 2.05) is 35.7 Å². The Morgan fingerprint density at radius 3 is 2.74 bits per heavy atom. The number of nitrogens with zero attached hydrogens (tertiary/aromatic N) is 3. The lowest BCUT2D eigenvalue weighted by Crippen LogP contribution is -2.13. The maximum absolute atomic E-state index is 11.5. The fourth-order valence-electron chi connectivity index (χ4n) is 2.42. The van der Waals surface area contributed by atoms with Gasteiger partial charge in [0.1, 0.15) is 5.75 Å². The van der Waals surface area contributed by atoms with Crippen LogP contribution >= 0.6 is 11.3 Å². The standard InChI is InChI=1S/C20H18N4O2S/c1-2-10-22-20-24(23-12-14-6-4-3-5-7-14)17(13-27-20)15-8-9-18(25)16(11-15)19(21)26/h2-9,11-13,25H,1,10H2,(H2,21,26)/b22-20?,23-12+. The molecule has 0 atom stereocenters. The minimum atomic E-state index is -0.694. The molecule has 0 radical (unpaired) electrons. The zero-order valence-corrected chi connectivity index (χ0v) is 15.3. The molecule has 6 nitrogen and oxygen atoms in total. The molecule has 2 aromatic carbocycles. The van der Waals surface area contributed by atoms with E-state index in [1.54, 1.807) is 29.1 Å². The molecular formula is C20H18N4O2S. The van der Waals surface area contributed by atoms with Crippen LogP contribution in [0.1, 0.15) is 15.9 Å². The average Bonchev–Trinajstić information content (AvgIpc) is 3.08. The lowest BCUT2D eigenvalue weighted by Gasteiger charge is -2.06. The van der Waals surface area contributed by atoms with Crippen molar-refractivity contribution < 1.29 is 9.90 Å². The van der Waals surface area contributed by atoms with Gasteiger partial charge in [-0.05, 0) is 23.8 Å². The van der Waals surface area contributed by atoms with E-state index >= 15 is 0 Å². The molecule has 1 aromatic heterocycles. The van der Waals surface area contributed by atoms with Gasteiger partial charge in [-0.2, -0.15) is 5.10 Å². The van der Waals surface area contributed by atoms with Crippen molar-refractivity contribution in [1.29, 1.82) is 0 Å². The number of rotatable bonds is 6. The Morgan fingerprint density at radius 2 is 2.04 bits per heavy atom. The molecule has 1 amide bonds. The lowest BCUT2D eigenvalue weighted by molar-refractivity contribution is 0.0998. The smallest absolute Gasteiger partial charge is 0.252 e. The van der Waals surface area contributed by atoms with Crippen LogP contribution in [0, 0.1) is 0 Å². The third-order valence-corrected chi connectivity index (χ3v) is 4.57. The summed E-state index contributed by atoms with van der Waals surface area (Å²) in [4.78, 5) is 16.7. The number of aromatic hydroxyl groups is 1. The molecule has 0 spiro atoms. The van der Waals surface area contributed by atoms with E-state index in [-0.39, 0.29) is 11.3 Å². The maximum Gasteiger partial charge on any atom is 0.252 e. The monoisotopic (exact) mass is 378 g/mol. The predicted octanol–water partition coefficient (Wildman–Crippen LogP) is 2.99. The summed E-state index contributed by atoms with van der Waals surface area (Å²) < 4.78 is 1.69. The maximum atomic E-state index is 11.5. The number of aromatic nitrogens is 1. The molecule has 0 aliphatic rings. The summed E-state index contributed by atoms with van der Waals surface area (Å²) in [6.07, 6.45) is 3.44. The van der Waals surface area contributed by atoms with Crippen molar-refractivity contribution in [3.63, 3.8) is 0 Å². The van der Waals surface area contributed by atoms with Crippen molar-refractivity contribution in [3.8, 4) is 17.0 Å². The highest BCUT2D eigenvalue weighted by Gasteiger charge is 2.13. The minimum absolute atomic E-state index is 0.0573. The van der Waals surface area contributed by atoms with Crippen LogP contribution in [0.25, 0.3) is 11.3 Å². The number of hydrogen-bond acceptors (Lipinski definition) is 5. The zero-order valence-electron chi connectivity index (χ0n) is 14.4. The van der Waals surface area contributed by atoms with Crippen molar-refractivity contribution in [2.24, 2.45) is 15.8 Å². The molecule has 3 N–H and O–H groups in total. The van der Waals surface area contributed by atoms with Gasteiger partial charge in [0, 0.05) is 10.9 Å². The summed E-state index contributed by atoms with van der Waals surface area (Å²) >= 11 is 1.42. The van der Waals surface area contributed by atoms with Crippen LogP contribution in [-0.4, -0.2) is 28.4 Å². The second-order valence-electron chi connectivity index (χ2n) is 5.60. The van der Waals surface area contributed by atoms with Gasteiger partial charge in [-0.1, -0.05) is 36.4 Å². The summed E-state index contributed by atoms with van der Waals surface area (Å²) in [7, 11) is 0. The molecule has 3 rings (SSSR count). The molecule has 0 bridgehead atoms. The van der Waals surface area contributed by atoms with Crippen LogP contribution in [-0.2, 0) is 0 Å². The predicted molar refractivity (Wildman–Crippen MR) is 108 cm³/mol. The second kappa shape index (κ2) is 8.29. The fraction of sp³-hybridized carbons (Fsp3) is 0.0500. The van der Waals surface area contributed by atoms with E-state index in [1.165, 1.54) is 17.4 Å². The first-order valence-corrected chi connectivity index (χ1v) is 9.02. The number of thiazole rings is 1. The highest BCUT2D eigenvalue weighted by atomic mass is 32.1. The number of hydrogen-bond donors (Lipinski definition) is 2. The number of phenols is 1. The Hall–Kier alpha value is -3.45. The van der Waals surface area contributed by atoms with Crippen LogP contribution in [0.3, 0.4) is 0 Å². The average molecular weight is 378 g/mol. The Balaban J connectivity index is 2.12. The van der Waals surface area contributed by atoms with Crippen LogP contribution in [0.2, 0.25) is 0 Å². The van der Waals surface area contributed by atoms with Gasteiger partial charge in [0.25, 0.3) is 5.91 Å². The first kappa shape index (κ1) is 18.3. The van der Waals surface area contributed by atoms with Gasteiger partial charge in [-0.15, -0.1) is 17.9 Å². The second-order valence-corrected chi connectivity index (χ2v) is 6.43. The molecule has 0 aliphatic heterocycles. The van der Waals surface area contributed by atoms with E-state index in [2.05, 4.69) is 16.7 Å². The molecule has 0 aliphatic carbocycles. The molecule has 1 heterocycles. The van der Waals surface area contributed by atoms with Gasteiger partial charge >= 0.3 is 0 Å². The number of primary amides is 1.